The summed E-state index contributed by atoms with van der Waals surface area (Å²) in [5.41, 5.74) is -0.497. The van der Waals surface area contributed by atoms with Crippen LogP contribution in [0.4, 0.5) is 4.79 Å². The molecule has 1 aromatic carbocycles. The molecule has 0 amide bonds. The minimum atomic E-state index is -0.497. The quantitative estimate of drug-likeness (QED) is 0.453. The highest BCUT2D eigenvalue weighted by atomic mass is 32.2. The molecule has 5 heteroatoms. The van der Waals surface area contributed by atoms with E-state index in [0.29, 0.717) is 6.42 Å². The molecular formula is C15H20O4S. The van der Waals surface area contributed by atoms with Crippen molar-refractivity contribution in [1.82, 2.24) is 0 Å². The van der Waals surface area contributed by atoms with Gasteiger partial charge in [0.25, 0.3) is 0 Å². The molecule has 0 aliphatic rings. The van der Waals surface area contributed by atoms with Crippen LogP contribution in [-0.4, -0.2) is 24.5 Å². The van der Waals surface area contributed by atoms with Gasteiger partial charge in [0.2, 0.25) is 0 Å². The highest BCUT2D eigenvalue weighted by Crippen LogP contribution is 2.21. The molecule has 0 spiro atoms. The monoisotopic (exact) mass is 296 g/mol. The summed E-state index contributed by atoms with van der Waals surface area (Å²) in [5.74, 6) is -0.272. The lowest BCUT2D eigenvalue weighted by Crippen LogP contribution is -2.27. The summed E-state index contributed by atoms with van der Waals surface area (Å²) >= 11 is 1.01. The van der Waals surface area contributed by atoms with E-state index in [4.69, 9.17) is 9.47 Å². The summed E-state index contributed by atoms with van der Waals surface area (Å²) in [6, 6.07) is 9.24. The molecule has 0 aliphatic carbocycles. The van der Waals surface area contributed by atoms with Gasteiger partial charge in [-0.3, -0.25) is 4.79 Å². The predicted octanol–water partition coefficient (Wildman–Crippen LogP) is 3.89. The van der Waals surface area contributed by atoms with E-state index in [-0.39, 0.29) is 19.2 Å². The summed E-state index contributed by atoms with van der Waals surface area (Å²) in [5, 5.41) is -0.401. The van der Waals surface area contributed by atoms with Crippen molar-refractivity contribution in [3.8, 4) is 0 Å². The molecule has 0 bridgehead atoms. The Bertz CT molecular complexity index is 442. The highest BCUT2D eigenvalue weighted by Gasteiger charge is 2.26. The van der Waals surface area contributed by atoms with Gasteiger partial charge in [-0.05, 0) is 44.2 Å². The van der Waals surface area contributed by atoms with Gasteiger partial charge in [0.15, 0.2) is 0 Å². The average Bonchev–Trinajstić information content (AvgIpc) is 2.44. The Hall–Kier alpha value is -1.49. The molecule has 0 N–H and O–H groups in total. The maximum Gasteiger partial charge on any atom is 0.372 e. The molecule has 0 fully saturated rings. The second-order valence-corrected chi connectivity index (χ2v) is 5.90. The summed E-state index contributed by atoms with van der Waals surface area (Å²) in [6.45, 7) is 5.74. The lowest BCUT2D eigenvalue weighted by Gasteiger charge is -2.20. The number of thioether (sulfide) groups is 1. The van der Waals surface area contributed by atoms with Crippen molar-refractivity contribution in [1.29, 1.82) is 0 Å². The third-order valence-corrected chi connectivity index (χ3v) is 3.71. The van der Waals surface area contributed by atoms with Crippen molar-refractivity contribution in [2.45, 2.75) is 32.1 Å². The van der Waals surface area contributed by atoms with Crippen LogP contribution in [0.5, 0.6) is 0 Å². The molecule has 0 atom stereocenters. The fourth-order valence-electron chi connectivity index (χ4n) is 1.21. The number of ether oxygens (including phenoxy) is 2. The number of hydrogen-bond donors (Lipinski definition) is 0. The normalized spacial score (nSPS) is 10.9. The van der Waals surface area contributed by atoms with Crippen molar-refractivity contribution in [3.63, 3.8) is 0 Å². The van der Waals surface area contributed by atoms with Crippen LogP contribution in [0.3, 0.4) is 0 Å². The molecule has 4 nitrogen and oxygen atoms in total. The maximum absolute atomic E-state index is 11.7. The van der Waals surface area contributed by atoms with Crippen molar-refractivity contribution in [2.24, 2.45) is 5.41 Å². The topological polar surface area (TPSA) is 52.6 Å². The molecule has 0 aromatic heterocycles. The first kappa shape index (κ1) is 16.6. The lowest BCUT2D eigenvalue weighted by molar-refractivity contribution is -0.155. The van der Waals surface area contributed by atoms with Gasteiger partial charge in [0.1, 0.15) is 13.2 Å². The summed E-state index contributed by atoms with van der Waals surface area (Å²) < 4.78 is 10.1. The van der Waals surface area contributed by atoms with Gasteiger partial charge in [-0.25, -0.2) is 4.79 Å². The van der Waals surface area contributed by atoms with Crippen LogP contribution in [0, 0.1) is 5.41 Å². The van der Waals surface area contributed by atoms with Gasteiger partial charge in [-0.2, -0.15) is 0 Å². The van der Waals surface area contributed by atoms with Crippen molar-refractivity contribution < 1.29 is 19.1 Å². The standard InChI is InChI=1S/C15H20O4S/c1-4-15(2,3)13(16)18-10-11-19-14(17)20-12-8-6-5-7-9-12/h5-9H,4,10-11H2,1-3H3. The largest absolute Gasteiger partial charge is 0.462 e. The van der Waals surface area contributed by atoms with Gasteiger partial charge in [-0.1, -0.05) is 25.1 Å². The Morgan fingerprint density at radius 1 is 1.10 bits per heavy atom. The van der Waals surface area contributed by atoms with Crippen LogP contribution < -0.4 is 0 Å². The van der Waals surface area contributed by atoms with E-state index in [0.717, 1.165) is 16.7 Å². The summed E-state index contributed by atoms with van der Waals surface area (Å²) in [4.78, 5) is 24.0. The Morgan fingerprint density at radius 3 is 2.30 bits per heavy atom. The molecule has 20 heavy (non-hydrogen) atoms. The van der Waals surface area contributed by atoms with Crippen LogP contribution in [0.15, 0.2) is 35.2 Å². The second kappa shape index (κ2) is 7.94. The van der Waals surface area contributed by atoms with Gasteiger partial charge in [0.05, 0.1) is 5.41 Å². The van der Waals surface area contributed by atoms with E-state index in [1.54, 1.807) is 0 Å². The molecule has 0 radical (unpaired) electrons. The smallest absolute Gasteiger partial charge is 0.372 e. The zero-order valence-corrected chi connectivity index (χ0v) is 12.9. The van der Waals surface area contributed by atoms with Crippen LogP contribution >= 0.6 is 11.8 Å². The Kier molecular flexibility index (Phi) is 6.58. The molecule has 0 saturated carbocycles. The van der Waals surface area contributed by atoms with Crippen LogP contribution in [0.1, 0.15) is 27.2 Å². The summed E-state index contributed by atoms with van der Waals surface area (Å²) in [6.07, 6.45) is 0.704. The lowest BCUT2D eigenvalue weighted by atomic mass is 9.91. The molecule has 0 aliphatic heterocycles. The SMILES string of the molecule is CCC(C)(C)C(=O)OCCOC(=O)Sc1ccccc1. The number of carbonyl (C=O) groups excluding carboxylic acids is 2. The maximum atomic E-state index is 11.7. The predicted molar refractivity (Wildman–Crippen MR) is 78.7 cm³/mol. The molecule has 1 aromatic rings. The van der Waals surface area contributed by atoms with E-state index in [9.17, 15) is 9.59 Å². The Morgan fingerprint density at radius 2 is 1.70 bits per heavy atom. The first-order valence-electron chi connectivity index (χ1n) is 6.52. The molecule has 110 valence electrons. The van der Waals surface area contributed by atoms with E-state index in [1.807, 2.05) is 51.1 Å². The fourth-order valence-corrected chi connectivity index (χ4v) is 1.84. The van der Waals surface area contributed by atoms with E-state index in [1.165, 1.54) is 0 Å². The fraction of sp³-hybridized carbons (Fsp3) is 0.467. The van der Waals surface area contributed by atoms with Gasteiger partial charge in [0, 0.05) is 4.90 Å². The minimum absolute atomic E-state index is 0.0736. The molecule has 0 saturated heterocycles. The van der Waals surface area contributed by atoms with Gasteiger partial charge >= 0.3 is 11.3 Å². The number of hydrogen-bond acceptors (Lipinski definition) is 5. The third-order valence-electron chi connectivity index (χ3n) is 2.92. The van der Waals surface area contributed by atoms with Crippen LogP contribution in [0.2, 0.25) is 0 Å². The number of carbonyl (C=O) groups is 2. The molecule has 0 unspecified atom stereocenters. The second-order valence-electron chi connectivity index (χ2n) is 4.89. The van der Waals surface area contributed by atoms with Gasteiger partial charge in [-0.15, -0.1) is 0 Å². The average molecular weight is 296 g/mol. The van der Waals surface area contributed by atoms with E-state index < -0.39 is 10.7 Å². The zero-order chi connectivity index (χ0) is 15.0. The molecule has 0 heterocycles. The van der Waals surface area contributed by atoms with Crippen molar-refractivity contribution in [2.75, 3.05) is 13.2 Å². The van der Waals surface area contributed by atoms with Gasteiger partial charge < -0.3 is 9.47 Å². The highest BCUT2D eigenvalue weighted by molar-refractivity contribution is 8.13. The minimum Gasteiger partial charge on any atom is -0.462 e. The third kappa shape index (κ3) is 5.65. The van der Waals surface area contributed by atoms with Crippen molar-refractivity contribution in [3.05, 3.63) is 30.3 Å². The Balaban J connectivity index is 2.21. The first-order chi connectivity index (χ1) is 9.45. The Labute approximate surface area is 123 Å². The molecular weight excluding hydrogens is 276 g/mol. The summed E-state index contributed by atoms with van der Waals surface area (Å²) in [7, 11) is 0. The number of esters is 1. The van der Waals surface area contributed by atoms with Crippen LogP contribution in [-0.2, 0) is 14.3 Å². The van der Waals surface area contributed by atoms with E-state index in [2.05, 4.69) is 0 Å². The number of rotatable bonds is 6. The first-order valence-corrected chi connectivity index (χ1v) is 7.34. The van der Waals surface area contributed by atoms with E-state index >= 15 is 0 Å². The van der Waals surface area contributed by atoms with Crippen LogP contribution in [0.25, 0.3) is 0 Å². The zero-order valence-electron chi connectivity index (χ0n) is 12.0. The molecule has 1 rings (SSSR count). The number of benzene rings is 1. The van der Waals surface area contributed by atoms with Crippen molar-refractivity contribution >= 4 is 23.0 Å².